The Kier molecular flexibility index (Phi) is 11.0. The Bertz CT molecular complexity index is 2280. The highest BCUT2D eigenvalue weighted by atomic mass is 35.5. The maximum atomic E-state index is 13.7. The van der Waals surface area contributed by atoms with E-state index in [1.54, 1.807) is 24.4 Å². The van der Waals surface area contributed by atoms with Crippen LogP contribution in [0.5, 0.6) is 0 Å². The van der Waals surface area contributed by atoms with Crippen LogP contribution >= 0.6 is 11.6 Å². The third-order valence-electron chi connectivity index (χ3n) is 8.09. The number of amides is 1. The number of carboxylic acid groups (broad SMARTS) is 1. The molecule has 5 aromatic rings. The molecule has 1 aliphatic rings. The molecule has 0 unspecified atom stereocenters. The highest BCUT2D eigenvalue weighted by Crippen LogP contribution is 2.34. The third kappa shape index (κ3) is 8.87. The fourth-order valence-electron chi connectivity index (χ4n) is 5.43. The predicted molar refractivity (Wildman–Crippen MR) is 177 cm³/mol. The van der Waals surface area contributed by atoms with E-state index in [1.807, 2.05) is 19.1 Å². The highest BCUT2D eigenvalue weighted by molar-refractivity contribution is 6.31. The molecule has 274 valence electrons. The first kappa shape index (κ1) is 38.1. The zero-order valence-corrected chi connectivity index (χ0v) is 27.9. The summed E-state index contributed by atoms with van der Waals surface area (Å²) in [6.07, 6.45) is -4.36. The van der Waals surface area contributed by atoms with Gasteiger partial charge >= 0.3 is 18.3 Å². The van der Waals surface area contributed by atoms with Crippen molar-refractivity contribution >= 4 is 29.2 Å². The minimum atomic E-state index is -5.08. The van der Waals surface area contributed by atoms with Crippen molar-refractivity contribution in [2.75, 3.05) is 5.32 Å². The summed E-state index contributed by atoms with van der Waals surface area (Å²) >= 11 is 6.24. The van der Waals surface area contributed by atoms with Crippen LogP contribution in [0.25, 0.3) is 28.2 Å². The van der Waals surface area contributed by atoms with Crippen LogP contribution in [0.15, 0.2) is 78.1 Å². The van der Waals surface area contributed by atoms with E-state index in [2.05, 4.69) is 31.7 Å². The van der Waals surface area contributed by atoms with Crippen molar-refractivity contribution in [3.8, 4) is 34.3 Å². The lowest BCUT2D eigenvalue weighted by molar-refractivity contribution is -0.192. The smallest absolute Gasteiger partial charge is 0.475 e. The number of benzene rings is 2. The van der Waals surface area contributed by atoms with Gasteiger partial charge in [-0.15, -0.1) is 5.10 Å². The summed E-state index contributed by atoms with van der Waals surface area (Å²) in [7, 11) is 0. The number of aromatic nitrogens is 6. The van der Waals surface area contributed by atoms with Crippen LogP contribution in [0.2, 0.25) is 5.02 Å². The number of alkyl halides is 6. The van der Waals surface area contributed by atoms with Gasteiger partial charge in [-0.05, 0) is 66.9 Å². The molecule has 2 N–H and O–H groups in total. The summed E-state index contributed by atoms with van der Waals surface area (Å²) < 4.78 is 73.8. The Hall–Kier alpha value is -6.09. The first-order valence-corrected chi connectivity index (χ1v) is 15.8. The van der Waals surface area contributed by atoms with Gasteiger partial charge in [-0.2, -0.15) is 31.6 Å². The topological polar surface area (TPSA) is 169 Å². The van der Waals surface area contributed by atoms with E-state index >= 15 is 0 Å². The summed E-state index contributed by atoms with van der Waals surface area (Å²) in [6, 6.07) is 16.0. The van der Waals surface area contributed by atoms with Gasteiger partial charge < -0.3 is 10.4 Å². The summed E-state index contributed by atoms with van der Waals surface area (Å²) in [5, 5.41) is 26.6. The first-order valence-electron chi connectivity index (χ1n) is 15.5. The Morgan fingerprint density at radius 2 is 1.70 bits per heavy atom. The van der Waals surface area contributed by atoms with Crippen LogP contribution in [-0.4, -0.2) is 52.7 Å². The van der Waals surface area contributed by atoms with Gasteiger partial charge in [0.2, 0.25) is 5.91 Å². The Morgan fingerprint density at radius 3 is 2.34 bits per heavy atom. The van der Waals surface area contributed by atoms with Crippen LogP contribution in [0.1, 0.15) is 49.0 Å². The van der Waals surface area contributed by atoms with E-state index in [1.165, 1.54) is 35.2 Å². The van der Waals surface area contributed by atoms with Crippen molar-refractivity contribution in [1.29, 1.82) is 5.26 Å². The van der Waals surface area contributed by atoms with Gasteiger partial charge in [0.1, 0.15) is 0 Å². The Labute approximate surface area is 300 Å². The molecule has 19 heteroatoms. The summed E-state index contributed by atoms with van der Waals surface area (Å²) in [5.74, 6) is -3.30. The maximum absolute atomic E-state index is 13.7. The lowest BCUT2D eigenvalue weighted by atomic mass is 9.94. The van der Waals surface area contributed by atoms with Crippen molar-refractivity contribution in [3.63, 3.8) is 0 Å². The van der Waals surface area contributed by atoms with Crippen molar-refractivity contribution in [2.24, 2.45) is 5.92 Å². The molecule has 0 fully saturated rings. The van der Waals surface area contributed by atoms with Crippen molar-refractivity contribution in [2.45, 2.75) is 44.6 Å². The van der Waals surface area contributed by atoms with Crippen LogP contribution in [0, 0.1) is 17.2 Å². The molecule has 2 bridgehead atoms. The molecular weight excluding hydrogens is 734 g/mol. The SMILES string of the molecule is C[C@@H]1CCC[C@H](n2cnc(-c3cc(Cl)ccc3-n3cc(C(F)(F)F)nn3)cc2=O)c2ccnc(c2)-c2ccc(C#N)cc2NC1=O.O=C(O)C(F)(F)F. The monoisotopic (exact) mass is 758 g/mol. The first-order chi connectivity index (χ1) is 25.0. The molecule has 12 nitrogen and oxygen atoms in total. The number of halogens is 7. The molecule has 53 heavy (non-hydrogen) atoms. The van der Waals surface area contributed by atoms with Gasteiger partial charge in [0.05, 0.1) is 53.0 Å². The van der Waals surface area contributed by atoms with Crippen molar-refractivity contribution in [1.82, 2.24) is 29.5 Å². The lowest BCUT2D eigenvalue weighted by Crippen LogP contribution is -2.26. The number of carbonyl (C=O) groups excluding carboxylic acids is 1. The number of nitrogens with one attached hydrogen (secondary N) is 1. The number of fused-ring (bicyclic) bond motifs is 4. The minimum absolute atomic E-state index is 0.180. The molecule has 0 saturated carbocycles. The fraction of sp³-hybridized carbons (Fsp3) is 0.235. The van der Waals surface area contributed by atoms with E-state index in [0.29, 0.717) is 41.8 Å². The normalized spacial score (nSPS) is 16.1. The molecule has 4 heterocycles. The maximum Gasteiger partial charge on any atom is 0.490 e. The number of aliphatic carboxylic acids is 1. The molecular formula is C34H25ClF6N8O4. The van der Waals surface area contributed by atoms with Crippen LogP contribution in [-0.2, 0) is 15.8 Å². The summed E-state index contributed by atoms with van der Waals surface area (Å²) in [5.41, 5.74) is 1.88. The van der Waals surface area contributed by atoms with Gasteiger partial charge in [0.25, 0.3) is 5.56 Å². The number of rotatable bonds is 3. The second kappa shape index (κ2) is 15.3. The number of carboxylic acids is 1. The second-order valence-corrected chi connectivity index (χ2v) is 12.2. The lowest BCUT2D eigenvalue weighted by Gasteiger charge is -2.23. The van der Waals surface area contributed by atoms with Crippen LogP contribution in [0.4, 0.5) is 32.0 Å². The van der Waals surface area contributed by atoms with E-state index in [-0.39, 0.29) is 33.8 Å². The molecule has 0 radical (unpaired) electrons. The molecule has 6 rings (SSSR count). The van der Waals surface area contributed by atoms with Crippen LogP contribution < -0.4 is 10.9 Å². The van der Waals surface area contributed by atoms with Gasteiger partial charge in [-0.3, -0.25) is 19.1 Å². The number of hydrogen-bond donors (Lipinski definition) is 2. The Morgan fingerprint density at radius 1 is 0.981 bits per heavy atom. The number of carbonyl (C=O) groups is 2. The molecule has 1 amide bonds. The average molecular weight is 759 g/mol. The second-order valence-electron chi connectivity index (χ2n) is 11.7. The molecule has 0 saturated heterocycles. The number of pyridine rings is 1. The predicted octanol–water partition coefficient (Wildman–Crippen LogP) is 7.08. The van der Waals surface area contributed by atoms with Crippen molar-refractivity contribution < 1.29 is 41.0 Å². The minimum Gasteiger partial charge on any atom is -0.475 e. The van der Waals surface area contributed by atoms with E-state index in [0.717, 1.165) is 16.4 Å². The third-order valence-corrected chi connectivity index (χ3v) is 8.33. The zero-order valence-electron chi connectivity index (χ0n) is 27.2. The largest absolute Gasteiger partial charge is 0.490 e. The number of anilines is 1. The van der Waals surface area contributed by atoms with Crippen LogP contribution in [0.3, 0.4) is 0 Å². The van der Waals surface area contributed by atoms with Crippen molar-refractivity contribution in [3.05, 3.63) is 106 Å². The van der Waals surface area contributed by atoms with Gasteiger partial charge in [-0.25, -0.2) is 14.5 Å². The number of nitrogens with zero attached hydrogens (tertiary/aromatic N) is 7. The zero-order chi connectivity index (χ0) is 38.7. The number of nitriles is 1. The van der Waals surface area contributed by atoms with E-state index in [4.69, 9.17) is 21.5 Å². The Balaban J connectivity index is 0.000000705. The highest BCUT2D eigenvalue weighted by Gasteiger charge is 2.38. The molecule has 2 aromatic carbocycles. The van der Waals surface area contributed by atoms with Gasteiger partial charge in [0.15, 0.2) is 5.69 Å². The standard InChI is InChI=1S/C32H24ClF3N8O2.C2HF3O2/c1-18-3-2-4-27(20-9-10-38-24(12-20)22-7-5-19(15-37)11-26(22)40-31(18)46)43-17-39-25(14-30(43)45)23-13-21(33)6-8-28(23)44-16-29(41-42-44)32(34,35)36;3-2(4,5)1(6)7/h5-14,16-18,27H,2-4H2,1H3,(H,40,46);(H,6,7)/t18-,27+;/m1./s1. The molecule has 0 aliphatic carbocycles. The van der Waals surface area contributed by atoms with Gasteiger partial charge in [0, 0.05) is 34.3 Å². The fourth-order valence-corrected chi connectivity index (χ4v) is 5.60. The van der Waals surface area contributed by atoms with E-state index in [9.17, 15) is 41.2 Å². The molecule has 2 atom stereocenters. The molecule has 0 spiro atoms. The summed E-state index contributed by atoms with van der Waals surface area (Å²) in [6.45, 7) is 1.82. The number of hydrogen-bond acceptors (Lipinski definition) is 8. The average Bonchev–Trinajstić information content (AvgIpc) is 3.61. The van der Waals surface area contributed by atoms with E-state index < -0.39 is 35.6 Å². The summed E-state index contributed by atoms with van der Waals surface area (Å²) in [4.78, 5) is 44.7. The quantitative estimate of drug-likeness (QED) is 0.183. The van der Waals surface area contributed by atoms with Gasteiger partial charge in [-0.1, -0.05) is 30.2 Å². The molecule has 1 aliphatic heterocycles. The molecule has 3 aromatic heterocycles.